The number of amides is 1. The molecule has 0 aliphatic carbocycles. The number of benzene rings is 2. The van der Waals surface area contributed by atoms with Gasteiger partial charge in [0.25, 0.3) is 0 Å². The maximum Gasteiger partial charge on any atom is 0.246 e. The highest BCUT2D eigenvalue weighted by atomic mass is 16.5. The molecule has 35 heavy (non-hydrogen) atoms. The maximum atomic E-state index is 11.4. The van der Waals surface area contributed by atoms with Crippen LogP contribution in [0.2, 0.25) is 0 Å². The zero-order valence-electron chi connectivity index (χ0n) is 22.8. The van der Waals surface area contributed by atoms with Crippen molar-refractivity contribution in [3.8, 4) is 5.75 Å². The van der Waals surface area contributed by atoms with Gasteiger partial charge in [-0.15, -0.1) is 0 Å². The van der Waals surface area contributed by atoms with E-state index in [1.54, 1.807) is 6.92 Å². The lowest BCUT2D eigenvalue weighted by Crippen LogP contribution is -2.24. The summed E-state index contributed by atoms with van der Waals surface area (Å²) >= 11 is 0. The topological polar surface area (TPSA) is 62.4 Å². The molecule has 0 aliphatic heterocycles. The van der Waals surface area contributed by atoms with Crippen molar-refractivity contribution in [2.45, 2.75) is 85.0 Å². The minimum absolute atomic E-state index is 0.0606. The molecule has 0 radical (unpaired) electrons. The second-order valence-electron chi connectivity index (χ2n) is 11.4. The summed E-state index contributed by atoms with van der Waals surface area (Å²) in [5, 5.41) is 2.86. The molecule has 2 rings (SSSR count). The number of hydrazine groups is 1. The summed E-state index contributed by atoms with van der Waals surface area (Å²) < 4.78 is 5.88. The van der Waals surface area contributed by atoms with Crippen LogP contribution in [-0.4, -0.2) is 19.1 Å². The number of hydrogen-bond donors (Lipinski definition) is 3. The predicted molar refractivity (Wildman–Crippen MR) is 149 cm³/mol. The maximum absolute atomic E-state index is 11.4. The molecule has 0 saturated heterocycles. The molecule has 0 atom stereocenters. The van der Waals surface area contributed by atoms with Crippen LogP contribution in [0.1, 0.15) is 85.3 Å². The Morgan fingerprint density at radius 2 is 1.34 bits per heavy atom. The smallest absolute Gasteiger partial charge is 0.246 e. The van der Waals surface area contributed by atoms with E-state index in [2.05, 4.69) is 82.5 Å². The van der Waals surface area contributed by atoms with Crippen LogP contribution in [0.15, 0.2) is 54.6 Å². The summed E-state index contributed by atoms with van der Waals surface area (Å²) in [7, 11) is 0. The van der Waals surface area contributed by atoms with E-state index < -0.39 is 0 Å². The molecule has 0 spiro atoms. The molecule has 0 unspecified atom stereocenters. The molecule has 0 heterocycles. The molecule has 0 bridgehead atoms. The fourth-order valence-corrected chi connectivity index (χ4v) is 3.47. The number of rotatable bonds is 12. The van der Waals surface area contributed by atoms with Crippen LogP contribution in [-0.2, 0) is 15.6 Å². The van der Waals surface area contributed by atoms with E-state index in [1.165, 1.54) is 11.1 Å². The van der Waals surface area contributed by atoms with E-state index in [4.69, 9.17) is 4.74 Å². The van der Waals surface area contributed by atoms with Gasteiger partial charge in [-0.05, 0) is 78.1 Å². The number of carbonyl (C=O) groups excluding carboxylic acids is 1. The summed E-state index contributed by atoms with van der Waals surface area (Å²) in [4.78, 5) is 11.4. The molecule has 2 aromatic rings. The van der Waals surface area contributed by atoms with Crippen molar-refractivity contribution < 1.29 is 9.53 Å². The van der Waals surface area contributed by atoms with Gasteiger partial charge >= 0.3 is 0 Å². The van der Waals surface area contributed by atoms with Gasteiger partial charge in [-0.3, -0.25) is 4.79 Å². The van der Waals surface area contributed by atoms with Gasteiger partial charge in [-0.25, -0.2) is 0 Å². The average Bonchev–Trinajstić information content (AvgIpc) is 2.78. The van der Waals surface area contributed by atoms with Crippen LogP contribution in [0, 0.1) is 0 Å². The first-order chi connectivity index (χ1) is 16.4. The molecule has 5 nitrogen and oxygen atoms in total. The molecule has 0 aliphatic rings. The lowest BCUT2D eigenvalue weighted by molar-refractivity contribution is -0.117. The first kappa shape index (κ1) is 28.3. The quantitative estimate of drug-likeness (QED) is 0.169. The van der Waals surface area contributed by atoms with E-state index in [-0.39, 0.29) is 16.7 Å². The van der Waals surface area contributed by atoms with Crippen LogP contribution in [0.5, 0.6) is 5.75 Å². The van der Waals surface area contributed by atoms with E-state index in [0.29, 0.717) is 18.7 Å². The summed E-state index contributed by atoms with van der Waals surface area (Å²) in [6.07, 6.45) is 4.12. The Labute approximate surface area is 212 Å². The minimum atomic E-state index is -0.0606. The molecular weight excluding hydrogens is 434 g/mol. The first-order valence-corrected chi connectivity index (χ1v) is 12.7. The third-order valence-corrected chi connectivity index (χ3v) is 5.88. The van der Waals surface area contributed by atoms with Gasteiger partial charge in [0, 0.05) is 12.1 Å². The SMILES string of the molecule is C=C(C)C(=O)NCCCCCCOc1ccc(NNc2cc(C(C)(C)C)cc(C(C)(C)C)c2)cc1. The molecule has 3 N–H and O–H groups in total. The Balaban J connectivity index is 1.77. The highest BCUT2D eigenvalue weighted by Crippen LogP contribution is 2.32. The normalized spacial score (nSPS) is 11.6. The molecule has 2 aromatic carbocycles. The van der Waals surface area contributed by atoms with Crippen LogP contribution in [0.4, 0.5) is 11.4 Å². The summed E-state index contributed by atoms with van der Waals surface area (Å²) in [6.45, 7) is 20.2. The number of unbranched alkanes of at least 4 members (excludes halogenated alkanes) is 3. The number of hydrogen-bond acceptors (Lipinski definition) is 4. The van der Waals surface area contributed by atoms with Crippen LogP contribution in [0.3, 0.4) is 0 Å². The van der Waals surface area contributed by atoms with Gasteiger partial charge < -0.3 is 20.9 Å². The van der Waals surface area contributed by atoms with Crippen molar-refractivity contribution in [2.24, 2.45) is 0 Å². The monoisotopic (exact) mass is 479 g/mol. The fourth-order valence-electron chi connectivity index (χ4n) is 3.47. The number of anilines is 2. The zero-order chi connectivity index (χ0) is 26.1. The highest BCUT2D eigenvalue weighted by Gasteiger charge is 2.20. The van der Waals surface area contributed by atoms with Crippen LogP contribution in [0.25, 0.3) is 0 Å². The molecular formula is C30H45N3O2. The van der Waals surface area contributed by atoms with E-state index in [1.807, 2.05) is 24.3 Å². The van der Waals surface area contributed by atoms with Crippen molar-refractivity contribution in [3.05, 3.63) is 65.7 Å². The Bertz CT molecular complexity index is 934. The van der Waals surface area contributed by atoms with Gasteiger partial charge in [0.2, 0.25) is 5.91 Å². The van der Waals surface area contributed by atoms with Crippen LogP contribution >= 0.6 is 0 Å². The van der Waals surface area contributed by atoms with Crippen molar-refractivity contribution in [1.29, 1.82) is 0 Å². The Morgan fingerprint density at radius 3 is 1.89 bits per heavy atom. The van der Waals surface area contributed by atoms with Crippen molar-refractivity contribution >= 4 is 17.3 Å². The molecule has 0 saturated carbocycles. The predicted octanol–water partition coefficient (Wildman–Crippen LogP) is 7.35. The van der Waals surface area contributed by atoms with Crippen molar-refractivity contribution in [3.63, 3.8) is 0 Å². The minimum Gasteiger partial charge on any atom is -0.494 e. The number of ether oxygens (including phenoxy) is 1. The third kappa shape index (κ3) is 10.1. The van der Waals surface area contributed by atoms with Gasteiger partial charge in [-0.2, -0.15) is 0 Å². The number of carbonyl (C=O) groups is 1. The first-order valence-electron chi connectivity index (χ1n) is 12.7. The highest BCUT2D eigenvalue weighted by molar-refractivity contribution is 5.92. The van der Waals surface area contributed by atoms with Gasteiger partial charge in [-0.1, -0.05) is 67.0 Å². The van der Waals surface area contributed by atoms with Gasteiger partial charge in [0.15, 0.2) is 0 Å². The van der Waals surface area contributed by atoms with Gasteiger partial charge in [0.1, 0.15) is 5.75 Å². The molecule has 5 heteroatoms. The Morgan fingerprint density at radius 1 is 0.800 bits per heavy atom. The summed E-state index contributed by atoms with van der Waals surface area (Å²) in [5.74, 6) is 0.809. The third-order valence-electron chi connectivity index (χ3n) is 5.88. The van der Waals surface area contributed by atoms with E-state index in [9.17, 15) is 4.79 Å². The summed E-state index contributed by atoms with van der Waals surface area (Å²) in [5.41, 5.74) is 12.1. The van der Waals surface area contributed by atoms with Crippen molar-refractivity contribution in [1.82, 2.24) is 5.32 Å². The van der Waals surface area contributed by atoms with E-state index in [0.717, 1.165) is 42.8 Å². The Kier molecular flexibility index (Phi) is 10.2. The second kappa shape index (κ2) is 12.7. The van der Waals surface area contributed by atoms with E-state index >= 15 is 0 Å². The molecule has 1 amide bonds. The van der Waals surface area contributed by atoms with Crippen LogP contribution < -0.4 is 20.9 Å². The fraction of sp³-hybridized carbons (Fsp3) is 0.500. The second-order valence-corrected chi connectivity index (χ2v) is 11.4. The summed E-state index contributed by atoms with van der Waals surface area (Å²) in [6, 6.07) is 14.8. The average molecular weight is 480 g/mol. The molecule has 192 valence electrons. The van der Waals surface area contributed by atoms with Crippen molar-refractivity contribution in [2.75, 3.05) is 24.0 Å². The Hall–Kier alpha value is -2.95. The molecule has 0 fully saturated rings. The lowest BCUT2D eigenvalue weighted by Gasteiger charge is -2.26. The standard InChI is InChI=1S/C30H45N3O2/c1-22(2)28(34)31-17-11-9-10-12-18-35-27-15-13-25(14-16-27)32-33-26-20-23(29(3,4)5)19-24(21-26)30(6,7)8/h13-16,19-21,32-33H,1,9-12,17-18H2,2-8H3,(H,31,34). The number of nitrogens with one attached hydrogen (secondary N) is 3. The van der Waals surface area contributed by atoms with Gasteiger partial charge in [0.05, 0.1) is 18.0 Å². The molecule has 0 aromatic heterocycles. The zero-order valence-corrected chi connectivity index (χ0v) is 22.8. The lowest BCUT2D eigenvalue weighted by atomic mass is 9.80. The largest absolute Gasteiger partial charge is 0.494 e.